The van der Waals surface area contributed by atoms with Crippen LogP contribution >= 0.6 is 0 Å². The zero-order valence-electron chi connectivity index (χ0n) is 48.8. The minimum Gasteiger partial charge on any atom is -0.481 e. The number of aromatic amines is 1. The summed E-state index contributed by atoms with van der Waals surface area (Å²) in [5.41, 5.74) is 11.4. The third kappa shape index (κ3) is 60.5. The molecule has 1 unspecified atom stereocenters. The number of Topliss-reactive ketones (excluding diaryl/α,β-unsaturated/α-hetero) is 4. The lowest BCUT2D eigenvalue weighted by molar-refractivity contribution is -0.144. The van der Waals surface area contributed by atoms with Crippen molar-refractivity contribution in [3.05, 3.63) is 18.2 Å². The van der Waals surface area contributed by atoms with Crippen molar-refractivity contribution >= 4 is 52.8 Å². The molecule has 0 aliphatic carbocycles. The molecule has 0 saturated carbocycles. The molecule has 1 aromatic rings. The normalized spacial score (nSPS) is 11.7. The Hall–Kier alpha value is -5.00. The number of ether oxygens (including phenoxy) is 4. The number of ketones is 4. The Morgan fingerprint density at radius 1 is 0.608 bits per heavy atom. The number of unbranched alkanes of at least 4 members (excludes halogenated alkanes) is 14. The quantitative estimate of drug-likeness (QED) is 0.0321. The summed E-state index contributed by atoms with van der Waals surface area (Å²) in [6.45, 7) is 12.1. The van der Waals surface area contributed by atoms with Crippen molar-refractivity contribution < 1.29 is 77.4 Å². The Morgan fingerprint density at radius 3 is 1.66 bits per heavy atom. The number of aryl methyl sites for hydroxylation is 1. The van der Waals surface area contributed by atoms with Gasteiger partial charge in [-0.25, -0.2) is 4.98 Å². The lowest BCUT2D eigenvalue weighted by Gasteiger charge is -2.12. The lowest BCUT2D eigenvalue weighted by Crippen LogP contribution is -2.30. The first-order valence-corrected chi connectivity index (χ1v) is 28.8. The van der Waals surface area contributed by atoms with Crippen LogP contribution in [0.25, 0.3) is 0 Å². The molecule has 79 heavy (non-hydrogen) atoms. The number of aliphatic hydroxyl groups excluding tert-OH is 1. The number of nitrogens with zero attached hydrogens (tertiary/aromatic N) is 1. The number of primary amides is 1. The standard InChI is InChI=1S/C28H51NO7.C18H34N2O6.C7H10N2O.C4H9NO2/c1-2-36-22-21-29-26(31)20-19-24(28(34)35)23-25(30)17-15-13-11-9-7-5-3-4-6-8-10-12-14-16-18-27(32)33;1-3-24-13-16(22)7-6-10-25-11-12-26-14-18(23)20-9-5-4-8-17(19)15(2)21;1-6(10)2-3-7-4-8-5-9-7;1-3(2-6)4(5)7/h24H,2-23H2,1H3,(H,29,31)(H,32,33)(H,34,35);17H,3-14,19H2,1-2H3,(H,20,23);4-5H,2-3H2,1H3,(H,8,9);3,6H,2H2,1H3,(H2,5,7)/t24-;;;3-/m1..0/s1. The minimum absolute atomic E-state index is 0.00386. The number of hydrogen-bond acceptors (Lipinski definition) is 16. The van der Waals surface area contributed by atoms with Gasteiger partial charge in [-0.15, -0.1) is 0 Å². The predicted octanol–water partition coefficient (Wildman–Crippen LogP) is 6.55. The molecule has 0 aliphatic heterocycles. The molecule has 0 saturated heterocycles. The van der Waals surface area contributed by atoms with Gasteiger partial charge in [-0.3, -0.25) is 38.4 Å². The van der Waals surface area contributed by atoms with E-state index in [2.05, 4.69) is 20.6 Å². The Bertz CT molecular complexity index is 1720. The van der Waals surface area contributed by atoms with E-state index >= 15 is 0 Å². The number of carboxylic acid groups (broad SMARTS) is 2. The zero-order valence-corrected chi connectivity index (χ0v) is 48.8. The van der Waals surface area contributed by atoms with Crippen LogP contribution in [0.3, 0.4) is 0 Å². The Morgan fingerprint density at radius 2 is 1.16 bits per heavy atom. The van der Waals surface area contributed by atoms with Crippen LogP contribution in [0.4, 0.5) is 0 Å². The fourth-order valence-corrected chi connectivity index (χ4v) is 7.05. The van der Waals surface area contributed by atoms with Crippen molar-refractivity contribution in [1.82, 2.24) is 20.6 Å². The van der Waals surface area contributed by atoms with E-state index in [-0.39, 0.29) is 74.0 Å². The molecule has 0 aromatic carbocycles. The molecule has 10 N–H and O–H groups in total. The van der Waals surface area contributed by atoms with Crippen molar-refractivity contribution in [1.29, 1.82) is 0 Å². The first kappa shape index (κ1) is 78.2. The summed E-state index contributed by atoms with van der Waals surface area (Å²) in [5, 5.41) is 31.6. The van der Waals surface area contributed by atoms with Crippen molar-refractivity contribution in [2.24, 2.45) is 23.3 Å². The highest BCUT2D eigenvalue weighted by Crippen LogP contribution is 2.17. The van der Waals surface area contributed by atoms with Crippen LogP contribution in [0, 0.1) is 11.8 Å². The van der Waals surface area contributed by atoms with Crippen LogP contribution in [0.5, 0.6) is 0 Å². The topological polar surface area (TPSA) is 356 Å². The molecule has 0 aliphatic rings. The SMILES string of the molecule is CC(=O)CCc1cnc[nH]1.CCOCC(=O)CCCOCCOCC(=O)NCCCCC(N)C(C)=O.CCOCCNC(=O)CC[C@H](CC(=O)CCCCCCCCCCCCCCCCC(=O)O)C(=O)O.C[C@@H](CO)C(N)=O. The molecule has 3 amide bonds. The number of carboxylic acids is 2. The number of aliphatic carboxylic acids is 2. The fourth-order valence-electron chi connectivity index (χ4n) is 7.05. The first-order chi connectivity index (χ1) is 37.8. The van der Waals surface area contributed by atoms with E-state index < -0.39 is 35.7 Å². The number of imidazole rings is 1. The minimum atomic E-state index is -1.01. The number of aromatic nitrogens is 2. The summed E-state index contributed by atoms with van der Waals surface area (Å²) < 4.78 is 20.7. The summed E-state index contributed by atoms with van der Waals surface area (Å²) in [6, 6.07) is -0.406. The number of hydrogen-bond donors (Lipinski definition) is 8. The van der Waals surface area contributed by atoms with Crippen molar-refractivity contribution in [3.63, 3.8) is 0 Å². The maximum Gasteiger partial charge on any atom is 0.306 e. The fraction of sp³-hybridized carbons (Fsp3) is 0.789. The number of nitrogens with two attached hydrogens (primary N) is 2. The van der Waals surface area contributed by atoms with Gasteiger partial charge in [0.15, 0.2) is 5.78 Å². The van der Waals surface area contributed by atoms with Crippen molar-refractivity contribution in [2.45, 2.75) is 208 Å². The molecule has 1 aromatic heterocycles. The Kier molecular flexibility index (Phi) is 57.1. The van der Waals surface area contributed by atoms with Gasteiger partial charge in [0.2, 0.25) is 17.7 Å². The number of H-pyrrole nitrogens is 1. The summed E-state index contributed by atoms with van der Waals surface area (Å²) in [4.78, 5) is 107. The average Bonchev–Trinajstić information content (AvgIpc) is 3.94. The predicted molar refractivity (Wildman–Crippen MR) is 302 cm³/mol. The van der Waals surface area contributed by atoms with Crippen molar-refractivity contribution in [2.75, 3.05) is 72.6 Å². The van der Waals surface area contributed by atoms with Gasteiger partial charge in [0.1, 0.15) is 30.6 Å². The maximum absolute atomic E-state index is 12.2. The van der Waals surface area contributed by atoms with E-state index in [1.165, 1.54) is 58.3 Å². The molecule has 22 heteroatoms. The van der Waals surface area contributed by atoms with Gasteiger partial charge < -0.3 is 66.1 Å². The first-order valence-electron chi connectivity index (χ1n) is 28.8. The highest BCUT2D eigenvalue weighted by molar-refractivity contribution is 5.84. The molecule has 3 atom stereocenters. The number of carbonyl (C=O) groups is 9. The van der Waals surface area contributed by atoms with E-state index in [4.69, 9.17) is 40.6 Å². The van der Waals surface area contributed by atoms with Gasteiger partial charge >= 0.3 is 11.9 Å². The van der Waals surface area contributed by atoms with E-state index in [1.54, 1.807) is 26.4 Å². The van der Waals surface area contributed by atoms with Crippen LogP contribution in [-0.2, 0) is 68.5 Å². The second-order valence-electron chi connectivity index (χ2n) is 19.5. The maximum atomic E-state index is 12.2. The van der Waals surface area contributed by atoms with Gasteiger partial charge in [-0.05, 0) is 79.1 Å². The zero-order chi connectivity index (χ0) is 59.7. The summed E-state index contributed by atoms with van der Waals surface area (Å²) in [7, 11) is 0. The van der Waals surface area contributed by atoms with E-state index in [1.807, 2.05) is 13.8 Å². The molecule has 0 bridgehead atoms. The number of nitrogens with one attached hydrogen (secondary N) is 3. The van der Waals surface area contributed by atoms with Gasteiger partial charge in [-0.2, -0.15) is 0 Å². The second-order valence-corrected chi connectivity index (χ2v) is 19.5. The van der Waals surface area contributed by atoms with E-state index in [0.29, 0.717) is 91.3 Å². The van der Waals surface area contributed by atoms with Crippen LogP contribution in [0.2, 0.25) is 0 Å². The molecular formula is C57H104N6O16. The molecular weight excluding hydrogens is 1020 g/mol. The Labute approximate surface area is 471 Å². The van der Waals surface area contributed by atoms with Gasteiger partial charge in [0.25, 0.3) is 0 Å². The Balaban J connectivity index is -0.00000115. The third-order valence-corrected chi connectivity index (χ3v) is 12.1. The monoisotopic (exact) mass is 1130 g/mol. The van der Waals surface area contributed by atoms with E-state index in [0.717, 1.165) is 63.5 Å². The average molecular weight is 1130 g/mol. The number of amides is 3. The van der Waals surface area contributed by atoms with Crippen molar-refractivity contribution in [3.8, 4) is 0 Å². The molecule has 458 valence electrons. The summed E-state index contributed by atoms with van der Waals surface area (Å²) in [6.07, 6.45) is 24.8. The van der Waals surface area contributed by atoms with Crippen LogP contribution in [-0.4, -0.2) is 157 Å². The smallest absolute Gasteiger partial charge is 0.306 e. The largest absolute Gasteiger partial charge is 0.481 e. The van der Waals surface area contributed by atoms with Crippen LogP contribution < -0.4 is 22.1 Å². The molecule has 0 spiro atoms. The van der Waals surface area contributed by atoms with Gasteiger partial charge in [0, 0.05) is 83.3 Å². The van der Waals surface area contributed by atoms with Crippen LogP contribution in [0.15, 0.2) is 12.5 Å². The lowest BCUT2D eigenvalue weighted by atomic mass is 9.94. The molecule has 1 heterocycles. The molecule has 1 rings (SSSR count). The molecule has 22 nitrogen and oxygen atoms in total. The summed E-state index contributed by atoms with van der Waals surface area (Å²) in [5.74, 6) is -3.50. The second kappa shape index (κ2) is 57.7. The van der Waals surface area contributed by atoms with Gasteiger partial charge in [0.05, 0.1) is 50.6 Å². The molecule has 0 fully saturated rings. The third-order valence-electron chi connectivity index (χ3n) is 12.1. The number of rotatable bonds is 50. The number of carbonyl (C=O) groups excluding carboxylic acids is 7. The summed E-state index contributed by atoms with van der Waals surface area (Å²) >= 11 is 0. The van der Waals surface area contributed by atoms with Crippen LogP contribution in [0.1, 0.15) is 201 Å². The number of aliphatic hydroxyl groups is 1. The van der Waals surface area contributed by atoms with Gasteiger partial charge in [-0.1, -0.05) is 84.0 Å². The molecule has 0 radical (unpaired) electrons. The van der Waals surface area contributed by atoms with E-state index in [9.17, 15) is 48.3 Å². The highest BCUT2D eigenvalue weighted by atomic mass is 16.5. The highest BCUT2D eigenvalue weighted by Gasteiger charge is 2.22.